The van der Waals surface area contributed by atoms with E-state index in [-0.39, 0.29) is 5.69 Å². The molecule has 0 saturated carbocycles. The smallest absolute Gasteiger partial charge is 0.167 e. The van der Waals surface area contributed by atoms with Crippen LogP contribution in [-0.2, 0) is 5.60 Å². The van der Waals surface area contributed by atoms with Crippen molar-refractivity contribution in [1.82, 2.24) is 4.98 Å². The molecule has 1 heterocycles. The molecular weight excluding hydrogens is 157 g/mol. The molecule has 1 rings (SSSR count). The number of pyridine rings is 1. The lowest BCUT2D eigenvalue weighted by molar-refractivity contribution is 0.112. The Bertz CT molecular complexity index is 328. The highest BCUT2D eigenvalue weighted by Gasteiger charge is 2.24. The second-order valence-corrected chi connectivity index (χ2v) is 2.55. The quantitative estimate of drug-likeness (QED) is 0.631. The molecule has 62 valence electrons. The first kappa shape index (κ1) is 8.69. The van der Waals surface area contributed by atoms with Crippen LogP contribution in [0, 0.1) is 18.2 Å². The van der Waals surface area contributed by atoms with Gasteiger partial charge >= 0.3 is 0 Å². The lowest BCUT2D eigenvalue weighted by atomic mass is 10.0. The summed E-state index contributed by atoms with van der Waals surface area (Å²) in [6.07, 6.45) is 6.38. The van der Waals surface area contributed by atoms with Gasteiger partial charge in [0.1, 0.15) is 11.5 Å². The van der Waals surface area contributed by atoms with E-state index in [1.807, 2.05) is 0 Å². The standard InChI is InChI=1S/C9H8FNO/c1-3-9(2,12)8-7(10)5-4-6-11-8/h1,4-6,12H,2H3/t9-/m0/s1. The van der Waals surface area contributed by atoms with Crippen LogP contribution < -0.4 is 0 Å². The lowest BCUT2D eigenvalue weighted by Gasteiger charge is -2.15. The Balaban J connectivity index is 3.22. The van der Waals surface area contributed by atoms with Gasteiger partial charge in [-0.3, -0.25) is 4.98 Å². The minimum atomic E-state index is -1.63. The lowest BCUT2D eigenvalue weighted by Crippen LogP contribution is -2.21. The summed E-state index contributed by atoms with van der Waals surface area (Å²) in [4.78, 5) is 3.65. The number of aliphatic hydroxyl groups is 1. The van der Waals surface area contributed by atoms with Crippen LogP contribution in [0.1, 0.15) is 12.6 Å². The molecule has 2 nitrogen and oxygen atoms in total. The van der Waals surface area contributed by atoms with Crippen molar-refractivity contribution in [2.45, 2.75) is 12.5 Å². The summed E-state index contributed by atoms with van der Waals surface area (Å²) in [6, 6.07) is 2.64. The Kier molecular flexibility index (Phi) is 2.11. The molecule has 0 saturated heterocycles. The summed E-state index contributed by atoms with van der Waals surface area (Å²) in [5, 5.41) is 9.44. The van der Waals surface area contributed by atoms with E-state index >= 15 is 0 Å². The fourth-order valence-electron chi connectivity index (χ4n) is 0.812. The van der Waals surface area contributed by atoms with Gasteiger partial charge in [0.05, 0.1) is 0 Å². The topological polar surface area (TPSA) is 33.1 Å². The molecule has 0 radical (unpaired) electrons. The van der Waals surface area contributed by atoms with Crippen molar-refractivity contribution >= 4 is 0 Å². The zero-order valence-electron chi connectivity index (χ0n) is 6.58. The van der Waals surface area contributed by atoms with Gasteiger partial charge in [0.2, 0.25) is 0 Å². The van der Waals surface area contributed by atoms with Gasteiger partial charge in [0.15, 0.2) is 5.60 Å². The van der Waals surface area contributed by atoms with Gasteiger partial charge in [-0.25, -0.2) is 4.39 Å². The highest BCUT2D eigenvalue weighted by molar-refractivity contribution is 5.23. The number of nitrogens with zero attached hydrogens (tertiary/aromatic N) is 1. The van der Waals surface area contributed by atoms with Crippen molar-refractivity contribution in [1.29, 1.82) is 0 Å². The summed E-state index contributed by atoms with van der Waals surface area (Å²) in [7, 11) is 0. The Labute approximate surface area is 70.1 Å². The number of hydrogen-bond acceptors (Lipinski definition) is 2. The maximum Gasteiger partial charge on any atom is 0.167 e. The number of terminal acetylenes is 1. The van der Waals surface area contributed by atoms with Crippen LogP contribution in [0.3, 0.4) is 0 Å². The van der Waals surface area contributed by atoms with E-state index in [0.29, 0.717) is 0 Å². The molecule has 0 bridgehead atoms. The molecule has 1 N–H and O–H groups in total. The van der Waals surface area contributed by atoms with Gasteiger partial charge in [-0.1, -0.05) is 5.92 Å². The number of halogens is 1. The second kappa shape index (κ2) is 2.92. The molecule has 0 unspecified atom stereocenters. The molecular formula is C9H8FNO. The van der Waals surface area contributed by atoms with Crippen molar-refractivity contribution in [3.63, 3.8) is 0 Å². The van der Waals surface area contributed by atoms with E-state index in [2.05, 4.69) is 10.9 Å². The molecule has 1 aromatic rings. The molecule has 0 aromatic carbocycles. The predicted octanol–water partition coefficient (Wildman–Crippen LogP) is 1.06. The Morgan fingerprint density at radius 3 is 2.92 bits per heavy atom. The highest BCUT2D eigenvalue weighted by Crippen LogP contribution is 2.19. The Hall–Kier alpha value is -1.40. The van der Waals surface area contributed by atoms with Crippen molar-refractivity contribution in [2.24, 2.45) is 0 Å². The fraction of sp³-hybridized carbons (Fsp3) is 0.222. The van der Waals surface area contributed by atoms with Gasteiger partial charge in [-0.15, -0.1) is 6.42 Å². The summed E-state index contributed by atoms with van der Waals surface area (Å²) in [6.45, 7) is 1.32. The van der Waals surface area contributed by atoms with E-state index in [1.165, 1.54) is 25.3 Å². The van der Waals surface area contributed by atoms with Crippen LogP contribution in [-0.4, -0.2) is 10.1 Å². The minimum Gasteiger partial charge on any atom is -0.372 e. The van der Waals surface area contributed by atoms with E-state index in [9.17, 15) is 9.50 Å². The largest absolute Gasteiger partial charge is 0.372 e. The maximum absolute atomic E-state index is 13.0. The van der Waals surface area contributed by atoms with Crippen LogP contribution >= 0.6 is 0 Å². The molecule has 0 spiro atoms. The average Bonchev–Trinajstić information content (AvgIpc) is 2.05. The van der Waals surface area contributed by atoms with E-state index in [0.717, 1.165) is 0 Å². The van der Waals surface area contributed by atoms with Crippen molar-refractivity contribution in [2.75, 3.05) is 0 Å². The normalized spacial score (nSPS) is 14.8. The first-order valence-corrected chi connectivity index (χ1v) is 3.39. The van der Waals surface area contributed by atoms with E-state index < -0.39 is 11.4 Å². The van der Waals surface area contributed by atoms with Crippen LogP contribution in [0.15, 0.2) is 18.3 Å². The fourth-order valence-corrected chi connectivity index (χ4v) is 0.812. The summed E-state index contributed by atoms with van der Waals surface area (Å²) in [5.41, 5.74) is -1.75. The summed E-state index contributed by atoms with van der Waals surface area (Å²) < 4.78 is 13.0. The van der Waals surface area contributed by atoms with Crippen LogP contribution in [0.4, 0.5) is 4.39 Å². The highest BCUT2D eigenvalue weighted by atomic mass is 19.1. The van der Waals surface area contributed by atoms with Gasteiger partial charge in [-0.05, 0) is 19.1 Å². The second-order valence-electron chi connectivity index (χ2n) is 2.55. The summed E-state index contributed by atoms with van der Waals surface area (Å²) in [5.74, 6) is 1.45. The van der Waals surface area contributed by atoms with Gasteiger partial charge in [0, 0.05) is 6.20 Å². The number of hydrogen-bond donors (Lipinski definition) is 1. The van der Waals surface area contributed by atoms with Gasteiger partial charge < -0.3 is 5.11 Å². The van der Waals surface area contributed by atoms with Gasteiger partial charge in [0.25, 0.3) is 0 Å². The predicted molar refractivity (Wildman–Crippen MR) is 42.6 cm³/mol. The van der Waals surface area contributed by atoms with Crippen molar-refractivity contribution in [3.8, 4) is 12.3 Å². The zero-order chi connectivity index (χ0) is 9.19. The molecule has 1 atom stereocenters. The molecule has 0 amide bonds. The van der Waals surface area contributed by atoms with E-state index in [1.54, 1.807) is 0 Å². The maximum atomic E-state index is 13.0. The monoisotopic (exact) mass is 165 g/mol. The molecule has 0 aliphatic heterocycles. The SMILES string of the molecule is C#C[C@](C)(O)c1ncccc1F. The van der Waals surface area contributed by atoms with E-state index in [4.69, 9.17) is 6.42 Å². The molecule has 12 heavy (non-hydrogen) atoms. The van der Waals surface area contributed by atoms with Crippen LogP contribution in [0.25, 0.3) is 0 Å². The first-order chi connectivity index (χ1) is 5.58. The average molecular weight is 165 g/mol. The molecule has 0 aliphatic carbocycles. The summed E-state index contributed by atoms with van der Waals surface area (Å²) >= 11 is 0. The van der Waals surface area contributed by atoms with Crippen LogP contribution in [0.2, 0.25) is 0 Å². The molecule has 0 aliphatic rings. The minimum absolute atomic E-state index is 0.118. The first-order valence-electron chi connectivity index (χ1n) is 3.39. The third-order valence-corrected chi connectivity index (χ3v) is 1.50. The third-order valence-electron chi connectivity index (χ3n) is 1.50. The Morgan fingerprint density at radius 2 is 2.42 bits per heavy atom. The van der Waals surface area contributed by atoms with Crippen molar-refractivity contribution < 1.29 is 9.50 Å². The number of aromatic nitrogens is 1. The zero-order valence-corrected chi connectivity index (χ0v) is 6.58. The molecule has 0 fully saturated rings. The Morgan fingerprint density at radius 1 is 1.75 bits per heavy atom. The van der Waals surface area contributed by atoms with Gasteiger partial charge in [-0.2, -0.15) is 0 Å². The molecule has 3 heteroatoms. The third kappa shape index (κ3) is 1.44. The van der Waals surface area contributed by atoms with Crippen molar-refractivity contribution in [3.05, 3.63) is 29.8 Å². The number of rotatable bonds is 1. The molecule has 1 aromatic heterocycles. The van der Waals surface area contributed by atoms with Crippen LogP contribution in [0.5, 0.6) is 0 Å².